The number of carbonyl (C=O) groups is 3. The Hall–Kier alpha value is -1.07. The van der Waals surface area contributed by atoms with Crippen LogP contribution in [0.25, 0.3) is 0 Å². The summed E-state index contributed by atoms with van der Waals surface area (Å²) in [6.07, 6.45) is 0. The highest BCUT2D eigenvalue weighted by molar-refractivity contribution is 8.39. The normalized spacial score (nSPS) is 30.5. The molecule has 0 radical (unpaired) electrons. The Bertz CT molecular complexity index is 644. The molecule has 0 aliphatic carbocycles. The Morgan fingerprint density at radius 2 is 2.27 bits per heavy atom. The van der Waals surface area contributed by atoms with Crippen LogP contribution in [0.4, 0.5) is 4.79 Å². The van der Waals surface area contributed by atoms with Gasteiger partial charge in [0.2, 0.25) is 5.91 Å². The Morgan fingerprint density at radius 1 is 1.50 bits per heavy atom. The van der Waals surface area contributed by atoms with Crippen molar-refractivity contribution in [3.8, 4) is 0 Å². The molecule has 2 saturated heterocycles. The smallest absolute Gasteiger partial charge is 0.315 e. The topological polar surface area (TPSA) is 111 Å². The van der Waals surface area contributed by atoms with E-state index in [1.165, 1.54) is 23.5 Å². The van der Waals surface area contributed by atoms with Crippen molar-refractivity contribution in [1.82, 2.24) is 15.5 Å². The maximum absolute atomic E-state index is 12.4. The molecule has 2 fully saturated rings. The predicted molar refractivity (Wildman–Crippen MR) is 106 cm³/mol. The Labute approximate surface area is 164 Å². The minimum absolute atomic E-state index is 0.0200. The van der Waals surface area contributed by atoms with Crippen molar-refractivity contribution in [3.05, 3.63) is 0 Å². The lowest BCUT2D eigenvalue weighted by Gasteiger charge is -2.53. The third-order valence-electron chi connectivity index (χ3n) is 4.33. The molecule has 3 N–H and O–H groups in total. The van der Waals surface area contributed by atoms with E-state index in [4.69, 9.17) is 0 Å². The minimum atomic E-state index is -0.988. The van der Waals surface area contributed by atoms with E-state index in [2.05, 4.69) is 15.6 Å². The van der Waals surface area contributed by atoms with E-state index in [-0.39, 0.29) is 29.9 Å². The van der Waals surface area contributed by atoms with E-state index < -0.39 is 17.4 Å². The number of aliphatic carboxylic acids is 1. The molecule has 3 rings (SSSR count). The van der Waals surface area contributed by atoms with Gasteiger partial charge >= 0.3 is 12.0 Å². The fraction of sp³-hybridized carbons (Fsp3) is 0.733. The van der Waals surface area contributed by atoms with Crippen LogP contribution < -0.4 is 10.6 Å². The van der Waals surface area contributed by atoms with Gasteiger partial charge in [0.25, 0.3) is 0 Å². The van der Waals surface area contributed by atoms with E-state index in [9.17, 15) is 19.5 Å². The number of aliphatic imine (C=N–C) groups is 1. The zero-order valence-corrected chi connectivity index (χ0v) is 17.0. The first kappa shape index (κ1) is 19.7. The minimum Gasteiger partial charge on any atom is -0.481 e. The van der Waals surface area contributed by atoms with Gasteiger partial charge in [-0.1, -0.05) is 23.5 Å². The molecule has 3 atom stereocenters. The molecule has 0 spiro atoms. The number of hydrogen-bond donors (Lipinski definition) is 3. The number of fused-ring (bicyclic) bond motifs is 1. The predicted octanol–water partition coefficient (Wildman–Crippen LogP) is 0.885. The van der Waals surface area contributed by atoms with Gasteiger partial charge in [0, 0.05) is 29.8 Å². The maximum Gasteiger partial charge on any atom is 0.315 e. The molecule has 0 aromatic carbocycles. The van der Waals surface area contributed by atoms with Crippen LogP contribution in [0.3, 0.4) is 0 Å². The molecule has 0 aromatic rings. The van der Waals surface area contributed by atoms with Crippen LogP contribution in [-0.2, 0) is 9.59 Å². The van der Waals surface area contributed by atoms with Gasteiger partial charge in [0.05, 0.1) is 6.54 Å². The van der Waals surface area contributed by atoms with E-state index in [1.54, 1.807) is 16.7 Å². The Kier molecular flexibility index (Phi) is 5.97. The molecular weight excluding hydrogens is 396 g/mol. The second kappa shape index (κ2) is 7.89. The molecule has 26 heavy (non-hydrogen) atoms. The molecule has 2 unspecified atom stereocenters. The van der Waals surface area contributed by atoms with Crippen LogP contribution in [0.5, 0.6) is 0 Å². The quantitative estimate of drug-likeness (QED) is 0.569. The average Bonchev–Trinajstić information content (AvgIpc) is 3.10. The van der Waals surface area contributed by atoms with Crippen LogP contribution in [-0.4, -0.2) is 80.1 Å². The van der Waals surface area contributed by atoms with Crippen LogP contribution in [0.15, 0.2) is 4.99 Å². The van der Waals surface area contributed by atoms with Crippen molar-refractivity contribution < 1.29 is 19.5 Å². The highest BCUT2D eigenvalue weighted by Gasteiger charge is 2.57. The van der Waals surface area contributed by atoms with Gasteiger partial charge in [-0.2, -0.15) is 0 Å². The van der Waals surface area contributed by atoms with Crippen molar-refractivity contribution in [1.29, 1.82) is 0 Å². The number of amides is 3. The zero-order chi connectivity index (χ0) is 18.9. The number of carbonyl (C=O) groups excluding carboxylic acids is 2. The summed E-state index contributed by atoms with van der Waals surface area (Å²) in [6.45, 7) is 4.64. The largest absolute Gasteiger partial charge is 0.481 e. The van der Waals surface area contributed by atoms with Gasteiger partial charge in [0.1, 0.15) is 21.2 Å². The standard InChI is InChI=1S/C15H22N4O4S3/c1-8(2)17-13(23)18-9-10(20)19-5-15(12(21)22,6-25-11(9)19)7-26-14-16-3-4-24-14/h8-9,11H,3-7H2,1-2H3,(H,21,22)(H2,17,18,23)/t9?,11-,15?/m1/s1. The number of hydrogen-bond acceptors (Lipinski definition) is 7. The van der Waals surface area contributed by atoms with Crippen molar-refractivity contribution >= 4 is 57.6 Å². The fourth-order valence-corrected chi connectivity index (χ4v) is 6.82. The number of rotatable bonds is 5. The molecular formula is C15H22N4O4S3. The summed E-state index contributed by atoms with van der Waals surface area (Å²) in [5.41, 5.74) is -0.988. The molecule has 8 nitrogen and oxygen atoms in total. The Morgan fingerprint density at radius 3 is 2.88 bits per heavy atom. The van der Waals surface area contributed by atoms with Gasteiger partial charge in [0.15, 0.2) is 0 Å². The molecule has 3 heterocycles. The number of thioether (sulfide) groups is 3. The summed E-state index contributed by atoms with van der Waals surface area (Å²) >= 11 is 4.54. The van der Waals surface area contributed by atoms with E-state index in [0.29, 0.717) is 11.5 Å². The summed E-state index contributed by atoms with van der Waals surface area (Å²) < 4.78 is 0.928. The molecule has 0 bridgehead atoms. The molecule has 3 aliphatic heterocycles. The number of β-lactam (4-membered cyclic amide) rings is 1. The van der Waals surface area contributed by atoms with E-state index in [1.807, 2.05) is 13.8 Å². The van der Waals surface area contributed by atoms with Gasteiger partial charge in [-0.15, -0.1) is 11.8 Å². The summed E-state index contributed by atoms with van der Waals surface area (Å²) in [4.78, 5) is 42.2. The molecule has 0 saturated carbocycles. The van der Waals surface area contributed by atoms with Crippen LogP contribution in [0, 0.1) is 5.41 Å². The van der Waals surface area contributed by atoms with E-state index >= 15 is 0 Å². The first-order valence-electron chi connectivity index (χ1n) is 8.35. The van der Waals surface area contributed by atoms with Crippen molar-refractivity contribution in [3.63, 3.8) is 0 Å². The SMILES string of the molecule is CC(C)NC(=O)NC1C(=O)N2CC(CSC3=NCCS3)(C(=O)O)CS[C@H]12. The lowest BCUT2D eigenvalue weighted by Crippen LogP contribution is -2.74. The second-order valence-corrected chi connectivity index (χ2v) is 10.2. The lowest BCUT2D eigenvalue weighted by atomic mass is 9.89. The molecule has 3 aliphatic rings. The van der Waals surface area contributed by atoms with Crippen molar-refractivity contribution in [2.45, 2.75) is 31.3 Å². The van der Waals surface area contributed by atoms with Crippen molar-refractivity contribution in [2.75, 3.05) is 30.3 Å². The highest BCUT2D eigenvalue weighted by atomic mass is 32.2. The number of urea groups is 1. The van der Waals surface area contributed by atoms with Crippen LogP contribution in [0.1, 0.15) is 13.8 Å². The molecule has 0 aromatic heterocycles. The van der Waals surface area contributed by atoms with Gasteiger partial charge < -0.3 is 20.6 Å². The average molecular weight is 419 g/mol. The summed E-state index contributed by atoms with van der Waals surface area (Å²) in [5, 5.41) is 15.0. The fourth-order valence-electron chi connectivity index (χ4n) is 2.95. The number of nitrogens with zero attached hydrogens (tertiary/aromatic N) is 2. The number of carboxylic acid groups (broad SMARTS) is 1. The molecule has 3 amide bonds. The molecule has 144 valence electrons. The monoisotopic (exact) mass is 418 g/mol. The summed E-state index contributed by atoms with van der Waals surface area (Å²) in [5.74, 6) is 0.635. The third-order valence-corrected chi connectivity index (χ3v) is 8.46. The highest BCUT2D eigenvalue weighted by Crippen LogP contribution is 2.44. The van der Waals surface area contributed by atoms with Gasteiger partial charge in [-0.05, 0) is 13.8 Å². The second-order valence-electron chi connectivity index (χ2n) is 6.79. The number of nitrogens with one attached hydrogen (secondary N) is 2. The summed E-state index contributed by atoms with van der Waals surface area (Å²) in [7, 11) is 0. The van der Waals surface area contributed by atoms with E-state index in [0.717, 1.165) is 16.7 Å². The van der Waals surface area contributed by atoms with Crippen LogP contribution >= 0.6 is 35.3 Å². The third kappa shape index (κ3) is 3.94. The zero-order valence-electron chi connectivity index (χ0n) is 14.6. The first-order valence-corrected chi connectivity index (χ1v) is 11.4. The maximum atomic E-state index is 12.4. The molecule has 11 heteroatoms. The lowest BCUT2D eigenvalue weighted by molar-refractivity contribution is -0.155. The Balaban J connectivity index is 1.60. The first-order chi connectivity index (χ1) is 12.3. The van der Waals surface area contributed by atoms with Crippen molar-refractivity contribution in [2.24, 2.45) is 10.4 Å². The number of carboxylic acids is 1. The summed E-state index contributed by atoms with van der Waals surface area (Å²) in [6, 6.07) is -0.984. The van der Waals surface area contributed by atoms with Gasteiger partial charge in [-0.25, -0.2) is 4.79 Å². The van der Waals surface area contributed by atoms with Gasteiger partial charge in [-0.3, -0.25) is 14.6 Å². The van der Waals surface area contributed by atoms with Crippen LogP contribution in [0.2, 0.25) is 0 Å².